The van der Waals surface area contributed by atoms with Crippen molar-refractivity contribution < 1.29 is 18.4 Å². The Morgan fingerprint density at radius 1 is 1.15 bits per heavy atom. The van der Waals surface area contributed by atoms with Crippen LogP contribution in [0, 0.1) is 0 Å². The molecule has 0 unspecified atom stereocenters. The molecule has 1 amide bonds. The third-order valence-corrected chi connectivity index (χ3v) is 5.74. The lowest BCUT2D eigenvalue weighted by Crippen LogP contribution is -2.36. The first-order chi connectivity index (χ1) is 16.0. The number of likely N-dealkylation sites (tertiary alicyclic amines) is 1. The minimum absolute atomic E-state index is 0.0312. The molecule has 0 saturated carbocycles. The normalized spacial score (nSPS) is 15.5. The number of fused-ring (bicyclic) bond motifs is 1. The summed E-state index contributed by atoms with van der Waals surface area (Å²) in [4.78, 5) is 33.0. The van der Waals surface area contributed by atoms with Gasteiger partial charge >= 0.3 is 0 Å². The van der Waals surface area contributed by atoms with Crippen molar-refractivity contribution in [2.75, 3.05) is 20.1 Å². The highest BCUT2D eigenvalue weighted by atomic mass is 19.3. The van der Waals surface area contributed by atoms with Crippen LogP contribution in [0.25, 0.3) is 16.7 Å². The summed E-state index contributed by atoms with van der Waals surface area (Å²) in [6, 6.07) is 5.52. The molecule has 34 heavy (non-hydrogen) atoms. The van der Waals surface area contributed by atoms with Crippen LogP contribution < -0.4 is 5.73 Å². The Kier molecular flexibility index (Phi) is 8.98. The van der Waals surface area contributed by atoms with Crippen molar-refractivity contribution in [3.8, 4) is 5.69 Å². The Balaban J connectivity index is 0.000000311. The molecule has 0 aromatic carbocycles. The number of aldehydes is 1. The second-order valence-corrected chi connectivity index (χ2v) is 8.57. The summed E-state index contributed by atoms with van der Waals surface area (Å²) in [7, 11) is 1.87. The third kappa shape index (κ3) is 6.44. The second kappa shape index (κ2) is 11.3. The minimum atomic E-state index is -2.38. The summed E-state index contributed by atoms with van der Waals surface area (Å²) in [6.45, 7) is 8.59. The van der Waals surface area contributed by atoms with E-state index in [1.165, 1.54) is 6.20 Å². The number of hydrogen-bond donors (Lipinski definition) is 1. The van der Waals surface area contributed by atoms with Crippen LogP contribution in [-0.2, 0) is 10.2 Å². The van der Waals surface area contributed by atoms with Gasteiger partial charge in [0.05, 0.1) is 17.3 Å². The third-order valence-electron chi connectivity index (χ3n) is 5.74. The number of nitrogens with two attached hydrogens (primary N) is 1. The van der Waals surface area contributed by atoms with E-state index in [2.05, 4.69) is 9.97 Å². The van der Waals surface area contributed by atoms with E-state index in [9.17, 15) is 18.4 Å². The molecule has 1 saturated heterocycles. The minimum Gasteiger partial charge on any atom is -0.369 e. The Bertz CT molecular complexity index is 1120. The van der Waals surface area contributed by atoms with E-state index >= 15 is 0 Å². The Labute approximate surface area is 199 Å². The molecule has 0 radical (unpaired) electrons. The molecule has 2 N–H and O–H groups in total. The monoisotopic (exact) mass is 473 g/mol. The van der Waals surface area contributed by atoms with Crippen LogP contribution in [0.5, 0.6) is 0 Å². The molecule has 3 aromatic rings. The highest BCUT2D eigenvalue weighted by Gasteiger charge is 2.32. The number of hydrogen-bond acceptors (Lipinski definition) is 5. The van der Waals surface area contributed by atoms with Crippen molar-refractivity contribution in [1.82, 2.24) is 19.4 Å². The van der Waals surface area contributed by atoms with Crippen molar-refractivity contribution in [2.45, 2.75) is 51.9 Å². The highest BCUT2D eigenvalue weighted by molar-refractivity contribution is 5.87. The topological polar surface area (TPSA) is 94.1 Å². The largest absolute Gasteiger partial charge is 0.369 e. The van der Waals surface area contributed by atoms with Gasteiger partial charge in [0, 0.05) is 55.5 Å². The molecule has 4 heterocycles. The lowest BCUT2D eigenvalue weighted by Gasteiger charge is -2.28. The average molecular weight is 474 g/mol. The average Bonchev–Trinajstić information content (AvgIpc) is 3.26. The van der Waals surface area contributed by atoms with Crippen molar-refractivity contribution in [1.29, 1.82) is 0 Å². The zero-order valence-electron chi connectivity index (χ0n) is 20.4. The number of halogens is 2. The maximum absolute atomic E-state index is 12.4. The van der Waals surface area contributed by atoms with Crippen molar-refractivity contribution in [2.24, 2.45) is 5.73 Å². The molecule has 0 spiro atoms. The lowest BCUT2D eigenvalue weighted by atomic mass is 9.85. The number of carbonyl (C=O) groups is 2. The summed E-state index contributed by atoms with van der Waals surface area (Å²) in [5, 5.41) is 0.856. The van der Waals surface area contributed by atoms with Crippen LogP contribution in [0.4, 0.5) is 8.78 Å². The predicted molar refractivity (Wildman–Crippen MR) is 129 cm³/mol. The summed E-state index contributed by atoms with van der Waals surface area (Å²) in [6.07, 6.45) is 7.53. The lowest BCUT2D eigenvalue weighted by molar-refractivity contribution is -0.122. The van der Waals surface area contributed by atoms with Gasteiger partial charge in [0.2, 0.25) is 5.91 Å². The molecule has 7 nitrogen and oxygen atoms in total. The number of carbonyl (C=O) groups excluding carboxylic acids is 2. The highest BCUT2D eigenvalue weighted by Crippen LogP contribution is 2.27. The van der Waals surface area contributed by atoms with Crippen LogP contribution in [0.2, 0.25) is 0 Å². The molecule has 1 aliphatic rings. The number of pyridine rings is 2. The Morgan fingerprint density at radius 2 is 1.79 bits per heavy atom. The maximum Gasteiger partial charge on any atom is 0.250 e. The Morgan fingerprint density at radius 3 is 2.35 bits per heavy atom. The molecule has 0 atom stereocenters. The smallest absolute Gasteiger partial charge is 0.250 e. The fourth-order valence-electron chi connectivity index (χ4n) is 3.30. The van der Waals surface area contributed by atoms with Gasteiger partial charge in [0.1, 0.15) is 5.65 Å². The summed E-state index contributed by atoms with van der Waals surface area (Å²) in [5.41, 5.74) is 7.40. The molecular formula is C25H33F2N5O2. The van der Waals surface area contributed by atoms with Gasteiger partial charge in [-0.3, -0.25) is 19.1 Å². The van der Waals surface area contributed by atoms with Crippen LogP contribution >= 0.6 is 0 Å². The van der Waals surface area contributed by atoms with Crippen LogP contribution in [0.15, 0.2) is 43.0 Å². The summed E-state index contributed by atoms with van der Waals surface area (Å²) in [5.74, 6) is -2.80. The quantitative estimate of drug-likeness (QED) is 0.568. The summed E-state index contributed by atoms with van der Waals surface area (Å²) >= 11 is 0. The number of alkyl halides is 2. The van der Waals surface area contributed by atoms with Gasteiger partial charge in [0.15, 0.2) is 6.29 Å². The van der Waals surface area contributed by atoms with Gasteiger partial charge in [-0.2, -0.15) is 0 Å². The number of amides is 1. The number of primary amides is 1. The first-order valence-electron chi connectivity index (χ1n) is 11.3. The van der Waals surface area contributed by atoms with Crippen molar-refractivity contribution >= 4 is 23.2 Å². The van der Waals surface area contributed by atoms with E-state index in [0.29, 0.717) is 24.3 Å². The van der Waals surface area contributed by atoms with Gasteiger partial charge in [0.25, 0.3) is 5.92 Å². The van der Waals surface area contributed by atoms with Gasteiger partial charge in [-0.1, -0.05) is 13.8 Å². The fourth-order valence-corrected chi connectivity index (χ4v) is 3.30. The van der Waals surface area contributed by atoms with Gasteiger partial charge < -0.3 is 10.6 Å². The standard InChI is InChI=1S/C17H16N4O2.C6H11F2N.C2H6/c1-17(2,16(18)23)13-6-14(9-19-8-13)21-4-3-12-5-11(10-22)7-20-15(12)21;1-9-4-2-6(7,8)3-5-9;1-2/h3-10H,1-2H3,(H2,18,23);2-5H2,1H3;1-2H3. The number of aromatic nitrogens is 3. The summed E-state index contributed by atoms with van der Waals surface area (Å²) < 4.78 is 26.6. The number of rotatable bonds is 4. The van der Waals surface area contributed by atoms with Crippen LogP contribution in [-0.4, -0.2) is 57.7 Å². The molecule has 184 valence electrons. The molecule has 1 aliphatic heterocycles. The van der Waals surface area contributed by atoms with E-state index in [1.807, 2.05) is 48.7 Å². The SMILES string of the molecule is CC.CC(C)(C(N)=O)c1cncc(-n2ccc3cc(C=O)cnc32)c1.CN1CCC(F)(F)CC1. The van der Waals surface area contributed by atoms with Gasteiger partial charge in [-0.25, -0.2) is 13.8 Å². The number of piperidine rings is 1. The van der Waals surface area contributed by atoms with E-state index in [0.717, 1.165) is 22.9 Å². The molecule has 3 aromatic heterocycles. The van der Waals surface area contributed by atoms with Gasteiger partial charge in [-0.15, -0.1) is 0 Å². The van der Waals surface area contributed by atoms with Crippen molar-refractivity contribution in [3.63, 3.8) is 0 Å². The van der Waals surface area contributed by atoms with Crippen molar-refractivity contribution in [3.05, 3.63) is 54.1 Å². The van der Waals surface area contributed by atoms with E-state index in [1.54, 1.807) is 32.3 Å². The number of nitrogens with zero attached hydrogens (tertiary/aromatic N) is 4. The fraction of sp³-hybridized carbons (Fsp3) is 0.440. The van der Waals surface area contributed by atoms with E-state index < -0.39 is 17.2 Å². The second-order valence-electron chi connectivity index (χ2n) is 8.57. The molecule has 0 bridgehead atoms. The van der Waals surface area contributed by atoms with Crippen LogP contribution in [0.1, 0.15) is 56.5 Å². The van der Waals surface area contributed by atoms with Crippen LogP contribution in [0.3, 0.4) is 0 Å². The Hall–Kier alpha value is -3.20. The molecule has 4 rings (SSSR count). The van der Waals surface area contributed by atoms with E-state index in [-0.39, 0.29) is 12.8 Å². The predicted octanol–water partition coefficient (Wildman–Crippen LogP) is 4.37. The zero-order chi connectivity index (χ0) is 25.5. The molecule has 0 aliphatic carbocycles. The zero-order valence-corrected chi connectivity index (χ0v) is 20.4. The first-order valence-corrected chi connectivity index (χ1v) is 11.3. The van der Waals surface area contributed by atoms with Gasteiger partial charge in [-0.05, 0) is 44.7 Å². The maximum atomic E-state index is 12.4. The molecular weight excluding hydrogens is 440 g/mol. The first kappa shape index (κ1) is 27.0. The molecule has 1 fully saturated rings. The molecule has 9 heteroatoms. The van der Waals surface area contributed by atoms with E-state index in [4.69, 9.17) is 5.73 Å².